The van der Waals surface area contributed by atoms with E-state index in [1.165, 1.54) is 43.9 Å². The molecule has 0 unspecified atom stereocenters. The van der Waals surface area contributed by atoms with Gasteiger partial charge in [0.1, 0.15) is 12.2 Å². The first kappa shape index (κ1) is 27.5. The zero-order chi connectivity index (χ0) is 26.7. The summed E-state index contributed by atoms with van der Waals surface area (Å²) in [5.41, 5.74) is 3.52. The van der Waals surface area contributed by atoms with Gasteiger partial charge in [-0.25, -0.2) is 0 Å². The van der Waals surface area contributed by atoms with Crippen LogP contribution >= 0.6 is 22.6 Å². The summed E-state index contributed by atoms with van der Waals surface area (Å²) < 4.78 is 12.8. The number of rotatable bonds is 5. The van der Waals surface area contributed by atoms with Crippen molar-refractivity contribution in [1.82, 2.24) is 5.32 Å². The number of allylic oxidation sites excluding steroid dienone is 3. The first-order valence-corrected chi connectivity index (χ1v) is 15.8. The zero-order valence-electron chi connectivity index (χ0n) is 23.6. The second-order valence-electron chi connectivity index (χ2n) is 13.4. The lowest BCUT2D eigenvalue weighted by Gasteiger charge is -2.58. The summed E-state index contributed by atoms with van der Waals surface area (Å²) in [6, 6.07) is 0. The molecule has 10 atom stereocenters. The Morgan fingerprint density at radius 1 is 1.19 bits per heavy atom. The van der Waals surface area contributed by atoms with Gasteiger partial charge in [0.15, 0.2) is 0 Å². The number of hydrogen-bond donors (Lipinski definition) is 1. The minimum absolute atomic E-state index is 0.0394. The van der Waals surface area contributed by atoms with Crippen molar-refractivity contribution in [2.45, 2.75) is 109 Å². The van der Waals surface area contributed by atoms with Crippen LogP contribution in [0.15, 0.2) is 23.0 Å². The Morgan fingerprint density at radius 2 is 1.95 bits per heavy atom. The number of esters is 1. The molecule has 1 aliphatic heterocycles. The van der Waals surface area contributed by atoms with E-state index in [0.717, 1.165) is 43.4 Å². The molecule has 3 saturated carbocycles. The number of halogens is 1. The van der Waals surface area contributed by atoms with Gasteiger partial charge in [-0.05, 0) is 86.0 Å². The number of hydrogen-bond acceptors (Lipinski definition) is 4. The molecule has 4 aliphatic carbocycles. The van der Waals surface area contributed by atoms with Crippen LogP contribution in [0.1, 0.15) is 92.9 Å². The maximum atomic E-state index is 11.6. The first-order valence-electron chi connectivity index (χ1n) is 14.6. The van der Waals surface area contributed by atoms with Crippen molar-refractivity contribution in [3.63, 3.8) is 0 Å². The van der Waals surface area contributed by atoms with Crippen LogP contribution in [0.3, 0.4) is 0 Å². The molecular formula is C31H46INO4. The van der Waals surface area contributed by atoms with Gasteiger partial charge < -0.3 is 14.8 Å². The summed E-state index contributed by atoms with van der Waals surface area (Å²) in [6.45, 7) is 13.6. The predicted molar refractivity (Wildman–Crippen MR) is 154 cm³/mol. The van der Waals surface area contributed by atoms with Gasteiger partial charge in [0, 0.05) is 42.6 Å². The van der Waals surface area contributed by atoms with Gasteiger partial charge in [-0.2, -0.15) is 0 Å². The highest BCUT2D eigenvalue weighted by Crippen LogP contribution is 2.69. The van der Waals surface area contributed by atoms with Crippen LogP contribution < -0.4 is 5.32 Å². The molecular weight excluding hydrogens is 577 g/mol. The molecule has 0 aromatic carbocycles. The van der Waals surface area contributed by atoms with Gasteiger partial charge in [0.25, 0.3) is 0 Å². The van der Waals surface area contributed by atoms with E-state index < -0.39 is 0 Å². The molecule has 5 nitrogen and oxygen atoms in total. The minimum Gasteiger partial charge on any atom is -0.494 e. The Balaban J connectivity index is 1.31. The maximum absolute atomic E-state index is 11.6. The number of nitrogens with one attached hydrogen (secondary N) is 1. The molecule has 1 saturated heterocycles. The minimum atomic E-state index is -0.145. The number of carbonyl (C=O) groups is 2. The van der Waals surface area contributed by atoms with E-state index in [1.54, 1.807) is 12.5 Å². The molecule has 5 aliphatic rings. The molecule has 0 aromatic rings. The number of ether oxygens (including phenoxy) is 2. The third kappa shape index (κ3) is 4.80. The normalized spacial score (nSPS) is 44.3. The SMILES string of the molecule is CC(=O)NC[C@@H](I)C/C(C)=C1\O[C@H]2C[C@H]3[C@@H]4CC=C5C[C@@H](OC(C)=O)CC[C@]5(C)[C@H]4CC[C@]3(C)[C@H]2[C@H]1C. The molecule has 4 fully saturated rings. The Kier molecular flexibility index (Phi) is 7.56. The smallest absolute Gasteiger partial charge is 0.302 e. The molecule has 0 aromatic heterocycles. The van der Waals surface area contributed by atoms with Crippen LogP contribution in [-0.2, 0) is 19.1 Å². The van der Waals surface area contributed by atoms with E-state index in [2.05, 4.69) is 61.7 Å². The molecule has 6 heteroatoms. The Bertz CT molecular complexity index is 1010. The lowest BCUT2D eigenvalue weighted by atomic mass is 9.47. The molecule has 1 heterocycles. The fourth-order valence-corrected chi connectivity index (χ4v) is 10.6. The number of amides is 1. The highest BCUT2D eigenvalue weighted by Gasteiger charge is 2.65. The zero-order valence-corrected chi connectivity index (χ0v) is 25.7. The molecule has 1 amide bonds. The Labute approximate surface area is 237 Å². The van der Waals surface area contributed by atoms with E-state index in [1.807, 2.05) is 0 Å². The fraction of sp³-hybridized carbons (Fsp3) is 0.806. The standard InChI is InChI=1S/C31H46INO4/c1-17(13-22(32)16-33-19(3)34)29-18(2)28-27(37-29)15-26-24-8-7-21-14-23(36-20(4)35)9-11-30(21,5)25(24)10-12-31(26,28)6/h7,18,22-28H,8-16H2,1-6H3,(H,33,34)/b29-17-/t18-,22+,23+,24-,25+,26+,27+,28+,30+,31+/m1/s1. The quantitative estimate of drug-likeness (QED) is 0.159. The van der Waals surface area contributed by atoms with Crippen LogP contribution in [0, 0.1) is 40.4 Å². The fourth-order valence-electron chi connectivity index (χ4n) is 9.69. The molecule has 1 N–H and O–H groups in total. The van der Waals surface area contributed by atoms with Crippen LogP contribution in [0.25, 0.3) is 0 Å². The lowest BCUT2D eigenvalue weighted by Crippen LogP contribution is -2.51. The number of carbonyl (C=O) groups excluding carboxylic acids is 2. The largest absolute Gasteiger partial charge is 0.494 e. The van der Waals surface area contributed by atoms with Crippen molar-refractivity contribution >= 4 is 34.5 Å². The topological polar surface area (TPSA) is 64.6 Å². The molecule has 0 bridgehead atoms. The van der Waals surface area contributed by atoms with E-state index in [9.17, 15) is 9.59 Å². The van der Waals surface area contributed by atoms with E-state index >= 15 is 0 Å². The number of fused-ring (bicyclic) bond motifs is 7. The van der Waals surface area contributed by atoms with Crippen molar-refractivity contribution in [1.29, 1.82) is 0 Å². The number of alkyl halides is 1. The van der Waals surface area contributed by atoms with Crippen molar-refractivity contribution < 1.29 is 19.1 Å². The first-order chi connectivity index (χ1) is 17.4. The van der Waals surface area contributed by atoms with E-state index in [-0.39, 0.29) is 23.4 Å². The highest BCUT2D eigenvalue weighted by atomic mass is 127. The van der Waals surface area contributed by atoms with Crippen LogP contribution in [-0.4, -0.2) is 34.6 Å². The highest BCUT2D eigenvalue weighted by molar-refractivity contribution is 14.1. The van der Waals surface area contributed by atoms with Crippen LogP contribution in [0.2, 0.25) is 0 Å². The van der Waals surface area contributed by atoms with Crippen LogP contribution in [0.5, 0.6) is 0 Å². The predicted octanol–water partition coefficient (Wildman–Crippen LogP) is 6.75. The second-order valence-corrected chi connectivity index (χ2v) is 15.1. The summed E-state index contributed by atoms with van der Waals surface area (Å²) in [6.07, 6.45) is 12.0. The maximum Gasteiger partial charge on any atom is 0.302 e. The monoisotopic (exact) mass is 623 g/mol. The average molecular weight is 624 g/mol. The Morgan fingerprint density at radius 3 is 2.65 bits per heavy atom. The van der Waals surface area contributed by atoms with Crippen molar-refractivity contribution in [3.05, 3.63) is 23.0 Å². The van der Waals surface area contributed by atoms with Gasteiger partial charge in [-0.15, -0.1) is 0 Å². The third-order valence-corrected chi connectivity index (χ3v) is 12.1. The van der Waals surface area contributed by atoms with Gasteiger partial charge in [0.05, 0.1) is 5.76 Å². The van der Waals surface area contributed by atoms with Crippen molar-refractivity contribution in [2.75, 3.05) is 6.54 Å². The summed E-state index contributed by atoms with van der Waals surface area (Å²) in [5.74, 6) is 4.40. The third-order valence-electron chi connectivity index (χ3n) is 11.2. The van der Waals surface area contributed by atoms with Gasteiger partial charge in [0.2, 0.25) is 5.91 Å². The molecule has 0 spiro atoms. The summed E-state index contributed by atoms with van der Waals surface area (Å²) in [5, 5.41) is 2.96. The Hall–Kier alpha value is -1.05. The second kappa shape index (κ2) is 10.2. The lowest BCUT2D eigenvalue weighted by molar-refractivity contribution is -0.148. The van der Waals surface area contributed by atoms with Gasteiger partial charge in [-0.1, -0.05) is 55.0 Å². The van der Waals surface area contributed by atoms with Gasteiger partial charge in [-0.3, -0.25) is 9.59 Å². The van der Waals surface area contributed by atoms with Crippen LogP contribution in [0.4, 0.5) is 0 Å². The summed E-state index contributed by atoms with van der Waals surface area (Å²) >= 11 is 2.46. The molecule has 5 rings (SSSR count). The molecule has 0 radical (unpaired) electrons. The summed E-state index contributed by atoms with van der Waals surface area (Å²) in [7, 11) is 0. The van der Waals surface area contributed by atoms with Crippen molar-refractivity contribution in [3.8, 4) is 0 Å². The van der Waals surface area contributed by atoms with E-state index in [4.69, 9.17) is 9.47 Å². The molecule has 37 heavy (non-hydrogen) atoms. The van der Waals surface area contributed by atoms with E-state index in [0.29, 0.717) is 33.8 Å². The van der Waals surface area contributed by atoms with Gasteiger partial charge >= 0.3 is 5.97 Å². The average Bonchev–Trinajstić information content (AvgIpc) is 3.31. The van der Waals surface area contributed by atoms with Crippen molar-refractivity contribution in [2.24, 2.45) is 40.4 Å². The summed E-state index contributed by atoms with van der Waals surface area (Å²) in [4.78, 5) is 22.9. The molecule has 206 valence electrons.